The zero-order valence-electron chi connectivity index (χ0n) is 12.0. The van der Waals surface area contributed by atoms with E-state index in [1.807, 2.05) is 20.8 Å². The van der Waals surface area contributed by atoms with Crippen LogP contribution in [-0.4, -0.2) is 35.5 Å². The van der Waals surface area contributed by atoms with Gasteiger partial charge in [-0.1, -0.05) is 19.8 Å². The maximum absolute atomic E-state index is 11.9. The molecule has 1 saturated heterocycles. The van der Waals surface area contributed by atoms with Gasteiger partial charge in [0, 0.05) is 25.4 Å². The third kappa shape index (κ3) is 4.67. The molecule has 0 radical (unpaired) electrons. The number of carbonyl (C=O) groups excluding carboxylic acids is 2. The van der Waals surface area contributed by atoms with Crippen LogP contribution in [0.15, 0.2) is 0 Å². The number of likely N-dealkylation sites (tertiary alicyclic amines) is 1. The molecule has 0 saturated carbocycles. The highest BCUT2D eigenvalue weighted by Gasteiger charge is 2.31. The number of Topliss-reactive ketones (excluding diaryl/α,β-unsaturated/α-hetero) is 1. The first-order valence-corrected chi connectivity index (χ1v) is 6.84. The fourth-order valence-electron chi connectivity index (χ4n) is 2.10. The highest BCUT2D eigenvalue weighted by molar-refractivity contribution is 5.84. The largest absolute Gasteiger partial charge is 0.444 e. The molecule has 0 unspecified atom stereocenters. The predicted molar refractivity (Wildman–Crippen MR) is 70.4 cm³/mol. The second-order valence-corrected chi connectivity index (χ2v) is 5.98. The lowest BCUT2D eigenvalue weighted by atomic mass is 9.92. The molecular formula is C14H25NO3. The number of nitrogens with zero attached hydrogens (tertiary/aromatic N) is 1. The molecule has 0 aromatic carbocycles. The van der Waals surface area contributed by atoms with Gasteiger partial charge in [-0.3, -0.25) is 4.79 Å². The molecule has 4 nitrogen and oxygen atoms in total. The Morgan fingerprint density at radius 3 is 2.67 bits per heavy atom. The van der Waals surface area contributed by atoms with Crippen LogP contribution in [0.25, 0.3) is 0 Å². The minimum absolute atomic E-state index is 0.00576. The van der Waals surface area contributed by atoms with Gasteiger partial charge in [-0.15, -0.1) is 0 Å². The monoisotopic (exact) mass is 255 g/mol. The number of amides is 1. The van der Waals surface area contributed by atoms with Crippen LogP contribution < -0.4 is 0 Å². The van der Waals surface area contributed by atoms with Gasteiger partial charge in [0.2, 0.25) is 0 Å². The van der Waals surface area contributed by atoms with E-state index in [1.165, 1.54) is 0 Å². The molecule has 0 aromatic heterocycles. The molecule has 1 heterocycles. The Balaban J connectivity index is 2.53. The van der Waals surface area contributed by atoms with Crippen molar-refractivity contribution in [2.45, 2.75) is 59.0 Å². The quantitative estimate of drug-likeness (QED) is 0.778. The van der Waals surface area contributed by atoms with Crippen molar-refractivity contribution in [1.29, 1.82) is 0 Å². The van der Waals surface area contributed by atoms with Crippen molar-refractivity contribution in [1.82, 2.24) is 4.90 Å². The molecule has 0 N–H and O–H groups in total. The molecule has 0 bridgehead atoms. The van der Waals surface area contributed by atoms with Crippen LogP contribution in [0.2, 0.25) is 0 Å². The minimum Gasteiger partial charge on any atom is -0.444 e. The summed E-state index contributed by atoms with van der Waals surface area (Å²) >= 11 is 0. The summed E-state index contributed by atoms with van der Waals surface area (Å²) in [6.07, 6.45) is 3.17. The normalized spacial score (nSPS) is 21.0. The van der Waals surface area contributed by atoms with Gasteiger partial charge in [-0.25, -0.2) is 4.79 Å². The Morgan fingerprint density at radius 1 is 1.44 bits per heavy atom. The number of hydrogen-bond donors (Lipinski definition) is 0. The maximum Gasteiger partial charge on any atom is 0.410 e. The van der Waals surface area contributed by atoms with Gasteiger partial charge in [0.1, 0.15) is 11.4 Å². The smallest absolute Gasteiger partial charge is 0.410 e. The molecule has 1 amide bonds. The third-order valence-electron chi connectivity index (χ3n) is 3.08. The molecule has 1 aliphatic heterocycles. The van der Waals surface area contributed by atoms with E-state index in [-0.39, 0.29) is 12.0 Å². The number of hydrogen-bond acceptors (Lipinski definition) is 3. The molecule has 1 rings (SSSR count). The first-order valence-electron chi connectivity index (χ1n) is 6.84. The Labute approximate surface area is 110 Å². The van der Waals surface area contributed by atoms with Crippen molar-refractivity contribution in [3.8, 4) is 0 Å². The lowest BCUT2D eigenvalue weighted by Crippen LogP contribution is -2.46. The van der Waals surface area contributed by atoms with Gasteiger partial charge < -0.3 is 9.64 Å². The zero-order chi connectivity index (χ0) is 13.8. The van der Waals surface area contributed by atoms with Crippen molar-refractivity contribution in [2.24, 2.45) is 5.92 Å². The van der Waals surface area contributed by atoms with Crippen molar-refractivity contribution < 1.29 is 14.3 Å². The van der Waals surface area contributed by atoms with E-state index in [0.717, 1.165) is 19.3 Å². The Hall–Kier alpha value is -1.06. The molecule has 0 spiro atoms. The number of ether oxygens (including phenoxy) is 1. The predicted octanol–water partition coefficient (Wildman–Crippen LogP) is 3.00. The van der Waals surface area contributed by atoms with Crippen LogP contribution in [0.5, 0.6) is 0 Å². The summed E-state index contributed by atoms with van der Waals surface area (Å²) < 4.78 is 5.34. The lowest BCUT2D eigenvalue weighted by molar-refractivity contribution is -0.126. The molecule has 18 heavy (non-hydrogen) atoms. The number of piperidine rings is 1. The van der Waals surface area contributed by atoms with E-state index in [9.17, 15) is 9.59 Å². The Kier molecular flexibility index (Phi) is 5.17. The summed E-state index contributed by atoms with van der Waals surface area (Å²) in [5.74, 6) is 0.300. The molecule has 0 aromatic rings. The van der Waals surface area contributed by atoms with Crippen molar-refractivity contribution >= 4 is 11.9 Å². The van der Waals surface area contributed by atoms with Gasteiger partial charge in [0.15, 0.2) is 0 Å². The number of unbranched alkanes of at least 4 members (excludes halogenated alkanes) is 1. The summed E-state index contributed by atoms with van der Waals surface area (Å²) in [6.45, 7) is 8.70. The molecule has 0 aliphatic carbocycles. The van der Waals surface area contributed by atoms with E-state index in [0.29, 0.717) is 25.3 Å². The minimum atomic E-state index is -0.475. The number of ketones is 1. The van der Waals surface area contributed by atoms with E-state index in [2.05, 4.69) is 6.92 Å². The van der Waals surface area contributed by atoms with Gasteiger partial charge in [0.05, 0.1) is 0 Å². The van der Waals surface area contributed by atoms with Crippen LogP contribution in [0.4, 0.5) is 4.79 Å². The summed E-state index contributed by atoms with van der Waals surface area (Å²) in [7, 11) is 0. The van der Waals surface area contributed by atoms with Gasteiger partial charge in [-0.05, 0) is 27.2 Å². The fraction of sp³-hybridized carbons (Fsp3) is 0.857. The van der Waals surface area contributed by atoms with E-state index >= 15 is 0 Å². The number of rotatable bonds is 3. The molecule has 1 atom stereocenters. The highest BCUT2D eigenvalue weighted by Crippen LogP contribution is 2.20. The first kappa shape index (κ1) is 15.0. The van der Waals surface area contributed by atoms with Gasteiger partial charge >= 0.3 is 6.09 Å². The van der Waals surface area contributed by atoms with Crippen molar-refractivity contribution in [3.05, 3.63) is 0 Å². The fourth-order valence-corrected chi connectivity index (χ4v) is 2.10. The first-order chi connectivity index (χ1) is 8.33. The SMILES string of the molecule is CCCC[C@@H]1CN(C(=O)OC(C)(C)C)CCC1=O. The van der Waals surface area contributed by atoms with Crippen LogP contribution in [0.1, 0.15) is 53.4 Å². The lowest BCUT2D eigenvalue weighted by Gasteiger charge is -2.33. The second kappa shape index (κ2) is 6.21. The van der Waals surface area contributed by atoms with Crippen LogP contribution in [0.3, 0.4) is 0 Å². The van der Waals surface area contributed by atoms with Crippen LogP contribution in [-0.2, 0) is 9.53 Å². The summed E-state index contributed by atoms with van der Waals surface area (Å²) in [5.41, 5.74) is -0.475. The standard InChI is InChI=1S/C14H25NO3/c1-5-6-7-11-10-15(9-8-12(11)16)13(17)18-14(2,3)4/h11H,5-10H2,1-4H3/t11-/m1/s1. The van der Waals surface area contributed by atoms with E-state index in [1.54, 1.807) is 4.90 Å². The third-order valence-corrected chi connectivity index (χ3v) is 3.08. The summed E-state index contributed by atoms with van der Waals surface area (Å²) in [4.78, 5) is 25.4. The van der Waals surface area contributed by atoms with Gasteiger partial charge in [0.25, 0.3) is 0 Å². The Bertz CT molecular complexity index is 307. The Morgan fingerprint density at radius 2 is 2.11 bits per heavy atom. The molecular weight excluding hydrogens is 230 g/mol. The zero-order valence-corrected chi connectivity index (χ0v) is 12.0. The van der Waals surface area contributed by atoms with Crippen LogP contribution in [0, 0.1) is 5.92 Å². The van der Waals surface area contributed by atoms with Crippen LogP contribution >= 0.6 is 0 Å². The topological polar surface area (TPSA) is 46.6 Å². The summed E-state index contributed by atoms with van der Waals surface area (Å²) in [5, 5.41) is 0. The average Bonchev–Trinajstić information content (AvgIpc) is 2.25. The molecule has 104 valence electrons. The molecule has 1 aliphatic rings. The second-order valence-electron chi connectivity index (χ2n) is 5.98. The van der Waals surface area contributed by atoms with E-state index in [4.69, 9.17) is 4.74 Å². The molecule has 4 heteroatoms. The van der Waals surface area contributed by atoms with Crippen molar-refractivity contribution in [3.63, 3.8) is 0 Å². The summed E-state index contributed by atoms with van der Waals surface area (Å²) in [6, 6.07) is 0. The maximum atomic E-state index is 11.9. The van der Waals surface area contributed by atoms with Crippen molar-refractivity contribution in [2.75, 3.05) is 13.1 Å². The average molecular weight is 255 g/mol. The van der Waals surface area contributed by atoms with E-state index < -0.39 is 5.60 Å². The molecule has 1 fully saturated rings. The highest BCUT2D eigenvalue weighted by atomic mass is 16.6. The van der Waals surface area contributed by atoms with Gasteiger partial charge in [-0.2, -0.15) is 0 Å². The number of carbonyl (C=O) groups is 2.